The fourth-order valence-corrected chi connectivity index (χ4v) is 7.46. The van der Waals surface area contributed by atoms with Gasteiger partial charge in [-0.1, -0.05) is 26.3 Å². The number of hydrogen-bond donors (Lipinski definition) is 1. The third kappa shape index (κ3) is 4.57. The van der Waals surface area contributed by atoms with Crippen molar-refractivity contribution in [2.45, 2.75) is 50.5 Å². The number of pyridine rings is 2. The second-order valence-electron chi connectivity index (χ2n) is 10.3. The lowest BCUT2D eigenvalue weighted by molar-refractivity contribution is 0.0621. The zero-order valence-electron chi connectivity index (χ0n) is 20.7. The smallest absolute Gasteiger partial charge is 0.259 e. The largest absolute Gasteiger partial charge is 0.360 e. The predicted octanol–water partition coefficient (Wildman–Crippen LogP) is 3.96. The lowest BCUT2D eigenvalue weighted by Crippen LogP contribution is -2.44. The summed E-state index contributed by atoms with van der Waals surface area (Å²) in [6.45, 7) is 5.84. The number of hydrogen-bond acceptors (Lipinski definition) is 5. The number of piperidine rings is 2. The number of nitrogens with one attached hydrogen (secondary N) is 1. The Morgan fingerprint density at radius 3 is 2.61 bits per heavy atom. The molecule has 0 spiro atoms. The fourth-order valence-electron chi connectivity index (χ4n) is 5.75. The zero-order chi connectivity index (χ0) is 25.4. The van der Waals surface area contributed by atoms with E-state index in [0.717, 1.165) is 24.8 Å². The van der Waals surface area contributed by atoms with E-state index in [1.165, 1.54) is 22.6 Å². The van der Waals surface area contributed by atoms with Gasteiger partial charge in [-0.25, -0.2) is 8.42 Å². The molecule has 36 heavy (non-hydrogen) atoms. The van der Waals surface area contributed by atoms with Crippen molar-refractivity contribution in [3.8, 4) is 0 Å². The minimum atomic E-state index is -3.88. The van der Waals surface area contributed by atoms with Crippen LogP contribution in [0.15, 0.2) is 58.6 Å². The molecule has 2 aliphatic rings. The van der Waals surface area contributed by atoms with Crippen LogP contribution >= 0.6 is 0 Å². The minimum absolute atomic E-state index is 0.0459. The molecule has 3 atom stereocenters. The highest BCUT2D eigenvalue weighted by molar-refractivity contribution is 7.89. The van der Waals surface area contributed by atoms with Crippen LogP contribution in [0.3, 0.4) is 0 Å². The number of nitrogens with zero attached hydrogens (tertiary/aromatic N) is 3. The minimum Gasteiger partial charge on any atom is -0.360 e. The van der Waals surface area contributed by atoms with Gasteiger partial charge >= 0.3 is 0 Å². The molecule has 190 valence electrons. The summed E-state index contributed by atoms with van der Waals surface area (Å²) in [6.07, 6.45) is 8.31. The van der Waals surface area contributed by atoms with Crippen molar-refractivity contribution in [1.29, 1.82) is 0 Å². The number of aromatic amines is 1. The van der Waals surface area contributed by atoms with Crippen LogP contribution in [0.2, 0.25) is 0 Å². The first-order valence-corrected chi connectivity index (χ1v) is 14.1. The molecule has 2 aliphatic heterocycles. The van der Waals surface area contributed by atoms with E-state index in [1.54, 1.807) is 23.4 Å². The van der Waals surface area contributed by atoms with Crippen molar-refractivity contribution < 1.29 is 13.2 Å². The highest BCUT2D eigenvalue weighted by atomic mass is 32.2. The molecule has 1 N–H and O–H groups in total. The lowest BCUT2D eigenvalue weighted by atomic mass is 9.91. The van der Waals surface area contributed by atoms with Crippen molar-refractivity contribution in [2.75, 3.05) is 19.6 Å². The second-order valence-corrected chi connectivity index (χ2v) is 12.2. The van der Waals surface area contributed by atoms with Crippen LogP contribution in [0.4, 0.5) is 0 Å². The number of H-pyrrole nitrogens is 1. The van der Waals surface area contributed by atoms with Gasteiger partial charge in [0.1, 0.15) is 5.56 Å². The lowest BCUT2D eigenvalue weighted by Gasteiger charge is -2.35. The Labute approximate surface area is 211 Å². The molecule has 5 rings (SSSR count). The van der Waals surface area contributed by atoms with Crippen LogP contribution in [0.5, 0.6) is 0 Å². The quantitative estimate of drug-likeness (QED) is 0.575. The van der Waals surface area contributed by atoms with Gasteiger partial charge in [0.2, 0.25) is 15.5 Å². The third-order valence-corrected chi connectivity index (χ3v) is 9.27. The average molecular weight is 509 g/mol. The molecule has 0 bridgehead atoms. The van der Waals surface area contributed by atoms with E-state index in [1.807, 2.05) is 12.1 Å². The van der Waals surface area contributed by atoms with E-state index in [9.17, 15) is 18.0 Å². The number of rotatable bonds is 4. The standard InChI is InChI=1S/C27H32N4O4S/c1-18-12-19(2)17-30(16-18)27(33)23-15-29-24-9-8-21(13-22(24)26(23)32)36(34,35)31-11-4-3-7-25(31)20-6-5-10-28-14-20/h5-6,8-10,13-15,18-19,25H,3-4,7,11-12,16-17H2,1-2H3,(H,29,32). The summed E-state index contributed by atoms with van der Waals surface area (Å²) in [5, 5.41) is 0.204. The molecule has 2 fully saturated rings. The summed E-state index contributed by atoms with van der Waals surface area (Å²) in [7, 11) is -3.88. The van der Waals surface area contributed by atoms with Crippen molar-refractivity contribution in [1.82, 2.24) is 19.2 Å². The van der Waals surface area contributed by atoms with Gasteiger partial charge < -0.3 is 9.88 Å². The molecular formula is C27H32N4O4S. The Balaban J connectivity index is 1.52. The van der Waals surface area contributed by atoms with Gasteiger partial charge in [-0.05, 0) is 60.9 Å². The van der Waals surface area contributed by atoms with Gasteiger partial charge in [0.15, 0.2) is 0 Å². The monoisotopic (exact) mass is 508 g/mol. The molecule has 3 aromatic rings. The van der Waals surface area contributed by atoms with Gasteiger partial charge in [0, 0.05) is 49.1 Å². The summed E-state index contributed by atoms with van der Waals surface area (Å²) in [4.78, 5) is 35.7. The molecule has 1 aromatic carbocycles. The topological polar surface area (TPSA) is 103 Å². The van der Waals surface area contributed by atoms with E-state index in [2.05, 4.69) is 23.8 Å². The van der Waals surface area contributed by atoms with Crippen LogP contribution in [0.25, 0.3) is 10.9 Å². The van der Waals surface area contributed by atoms with Gasteiger partial charge in [-0.2, -0.15) is 4.31 Å². The Kier molecular flexibility index (Phi) is 6.70. The second kappa shape index (κ2) is 9.78. The zero-order valence-corrected chi connectivity index (χ0v) is 21.5. The van der Waals surface area contributed by atoms with E-state index in [0.29, 0.717) is 43.4 Å². The van der Waals surface area contributed by atoms with Crippen LogP contribution in [0, 0.1) is 11.8 Å². The maximum absolute atomic E-state index is 13.8. The summed E-state index contributed by atoms with van der Waals surface area (Å²) >= 11 is 0. The predicted molar refractivity (Wildman–Crippen MR) is 138 cm³/mol. The summed E-state index contributed by atoms with van der Waals surface area (Å²) in [6, 6.07) is 7.95. The van der Waals surface area contributed by atoms with Crippen LogP contribution in [-0.2, 0) is 10.0 Å². The Hall–Kier alpha value is -3.04. The first-order chi connectivity index (χ1) is 17.3. The SMILES string of the molecule is CC1CC(C)CN(C(=O)c2c[nH]c3ccc(S(=O)(=O)N4CCCCC4c4cccnc4)cc3c2=O)C1. The van der Waals surface area contributed by atoms with Crippen molar-refractivity contribution in [3.63, 3.8) is 0 Å². The Morgan fingerprint density at radius 1 is 1.11 bits per heavy atom. The summed E-state index contributed by atoms with van der Waals surface area (Å²) < 4.78 is 29.1. The maximum atomic E-state index is 13.8. The van der Waals surface area contributed by atoms with E-state index in [-0.39, 0.29) is 27.8 Å². The number of carbonyl (C=O) groups excluding carboxylic acids is 1. The maximum Gasteiger partial charge on any atom is 0.259 e. The molecule has 0 saturated carbocycles. The number of amides is 1. The number of fused-ring (bicyclic) bond motifs is 1. The Bertz CT molecular complexity index is 1430. The number of carbonyl (C=O) groups is 1. The first-order valence-electron chi connectivity index (χ1n) is 12.6. The molecule has 2 saturated heterocycles. The summed E-state index contributed by atoms with van der Waals surface area (Å²) in [5.74, 6) is 0.426. The fraction of sp³-hybridized carbons (Fsp3) is 0.444. The molecule has 0 aliphatic carbocycles. The number of benzene rings is 1. The highest BCUT2D eigenvalue weighted by Gasteiger charge is 2.35. The van der Waals surface area contributed by atoms with Crippen molar-refractivity contribution in [3.05, 3.63) is 70.3 Å². The van der Waals surface area contributed by atoms with Crippen molar-refractivity contribution >= 4 is 26.8 Å². The normalized spacial score (nSPS) is 23.6. The number of likely N-dealkylation sites (tertiary alicyclic amines) is 1. The molecule has 8 nitrogen and oxygen atoms in total. The molecule has 0 radical (unpaired) electrons. The van der Waals surface area contributed by atoms with E-state index >= 15 is 0 Å². The summed E-state index contributed by atoms with van der Waals surface area (Å²) in [5.41, 5.74) is 0.958. The molecule has 4 heterocycles. The van der Waals surface area contributed by atoms with E-state index in [4.69, 9.17) is 0 Å². The average Bonchev–Trinajstić information content (AvgIpc) is 2.88. The van der Waals surface area contributed by atoms with Crippen molar-refractivity contribution in [2.24, 2.45) is 11.8 Å². The van der Waals surface area contributed by atoms with Gasteiger partial charge in [0.05, 0.1) is 10.9 Å². The Morgan fingerprint density at radius 2 is 1.89 bits per heavy atom. The van der Waals surface area contributed by atoms with Crippen LogP contribution in [0.1, 0.15) is 61.5 Å². The number of aromatic nitrogens is 2. The molecule has 1 amide bonds. The third-order valence-electron chi connectivity index (χ3n) is 7.37. The molecule has 9 heteroatoms. The molecule has 2 aromatic heterocycles. The van der Waals surface area contributed by atoms with Gasteiger partial charge in [-0.3, -0.25) is 14.6 Å². The first kappa shape index (κ1) is 24.6. The van der Waals surface area contributed by atoms with Crippen LogP contribution in [-0.4, -0.2) is 53.1 Å². The molecular weight excluding hydrogens is 476 g/mol. The number of sulfonamides is 1. The van der Waals surface area contributed by atoms with Crippen LogP contribution < -0.4 is 5.43 Å². The molecule has 3 unspecified atom stereocenters. The van der Waals surface area contributed by atoms with E-state index < -0.39 is 15.5 Å². The van der Waals surface area contributed by atoms with Gasteiger partial charge in [-0.15, -0.1) is 0 Å². The van der Waals surface area contributed by atoms with Gasteiger partial charge in [0.25, 0.3) is 5.91 Å². The highest BCUT2D eigenvalue weighted by Crippen LogP contribution is 2.35.